The Hall–Kier alpha value is -2.62. The van der Waals surface area contributed by atoms with Crippen molar-refractivity contribution in [1.82, 2.24) is 9.88 Å². The number of rotatable bonds is 4. The average Bonchev–Trinajstić information content (AvgIpc) is 2.95. The number of amides is 1. The normalized spacial score (nSPS) is 11.1. The number of hydrogen-bond donors (Lipinski definition) is 1. The smallest absolute Gasteiger partial charge is 0.270 e. The van der Waals surface area contributed by atoms with E-state index in [2.05, 4.69) is 4.98 Å². The molecule has 0 atom stereocenters. The van der Waals surface area contributed by atoms with Gasteiger partial charge in [-0.25, -0.2) is 4.39 Å². The summed E-state index contributed by atoms with van der Waals surface area (Å²) >= 11 is 0. The number of halogens is 1. The van der Waals surface area contributed by atoms with Crippen molar-refractivity contribution < 1.29 is 9.18 Å². The minimum atomic E-state index is -0.316. The number of benzene rings is 2. The summed E-state index contributed by atoms with van der Waals surface area (Å²) in [6.07, 6.45) is 0. The van der Waals surface area contributed by atoms with E-state index in [1.54, 1.807) is 17.0 Å². The second-order valence-electron chi connectivity index (χ2n) is 5.93. The van der Waals surface area contributed by atoms with E-state index in [0.29, 0.717) is 17.8 Å². The molecule has 1 amide bonds. The zero-order valence-corrected chi connectivity index (χ0v) is 13.2. The molecule has 0 fully saturated rings. The predicted octanol–water partition coefficient (Wildman–Crippen LogP) is 4.36. The van der Waals surface area contributed by atoms with Crippen LogP contribution >= 0.6 is 0 Å². The Kier molecular flexibility index (Phi) is 4.15. The Morgan fingerprint density at radius 1 is 1.13 bits per heavy atom. The molecule has 0 saturated carbocycles. The maximum Gasteiger partial charge on any atom is 0.270 e. The molecule has 0 aliphatic rings. The lowest BCUT2D eigenvalue weighted by Crippen LogP contribution is -2.36. The fourth-order valence-corrected chi connectivity index (χ4v) is 2.64. The van der Waals surface area contributed by atoms with E-state index in [4.69, 9.17) is 0 Å². The van der Waals surface area contributed by atoms with Gasteiger partial charge in [-0.3, -0.25) is 4.79 Å². The van der Waals surface area contributed by atoms with Crippen molar-refractivity contribution in [1.29, 1.82) is 0 Å². The Labute approximate surface area is 134 Å². The van der Waals surface area contributed by atoms with Crippen LogP contribution in [0.15, 0.2) is 54.6 Å². The van der Waals surface area contributed by atoms with E-state index in [1.807, 2.05) is 44.2 Å². The minimum Gasteiger partial charge on any atom is -0.350 e. The molecule has 0 unspecified atom stereocenters. The molecule has 118 valence electrons. The third-order valence-corrected chi connectivity index (χ3v) is 3.89. The third-order valence-electron chi connectivity index (χ3n) is 3.89. The van der Waals surface area contributed by atoms with Gasteiger partial charge in [-0.05, 0) is 43.7 Å². The van der Waals surface area contributed by atoms with Gasteiger partial charge in [0.1, 0.15) is 11.5 Å². The zero-order chi connectivity index (χ0) is 16.4. The molecular weight excluding hydrogens is 291 g/mol. The molecule has 3 nitrogen and oxygen atoms in total. The molecule has 0 radical (unpaired) electrons. The summed E-state index contributed by atoms with van der Waals surface area (Å²) in [5.74, 6) is -0.399. The van der Waals surface area contributed by atoms with Gasteiger partial charge in [0.15, 0.2) is 0 Å². The first-order chi connectivity index (χ1) is 11.0. The van der Waals surface area contributed by atoms with Crippen LogP contribution in [0.25, 0.3) is 10.9 Å². The van der Waals surface area contributed by atoms with Gasteiger partial charge in [-0.2, -0.15) is 0 Å². The molecule has 0 saturated heterocycles. The summed E-state index contributed by atoms with van der Waals surface area (Å²) < 4.78 is 13.3. The van der Waals surface area contributed by atoms with Crippen LogP contribution in [-0.2, 0) is 6.54 Å². The Morgan fingerprint density at radius 3 is 2.57 bits per heavy atom. The quantitative estimate of drug-likeness (QED) is 0.763. The van der Waals surface area contributed by atoms with Crippen LogP contribution in [0.2, 0.25) is 0 Å². The second-order valence-corrected chi connectivity index (χ2v) is 5.93. The highest BCUT2D eigenvalue weighted by atomic mass is 19.1. The Morgan fingerprint density at radius 2 is 1.87 bits per heavy atom. The summed E-state index contributed by atoms with van der Waals surface area (Å²) in [7, 11) is 0. The number of H-pyrrole nitrogens is 1. The first kappa shape index (κ1) is 15.3. The summed E-state index contributed by atoms with van der Waals surface area (Å²) in [4.78, 5) is 17.7. The zero-order valence-electron chi connectivity index (χ0n) is 13.2. The van der Waals surface area contributed by atoms with Crippen LogP contribution in [0, 0.1) is 5.82 Å². The van der Waals surface area contributed by atoms with Crippen molar-refractivity contribution in [2.75, 3.05) is 0 Å². The van der Waals surface area contributed by atoms with E-state index in [-0.39, 0.29) is 17.8 Å². The van der Waals surface area contributed by atoms with E-state index >= 15 is 0 Å². The first-order valence-corrected chi connectivity index (χ1v) is 7.68. The highest BCUT2D eigenvalue weighted by molar-refractivity contribution is 5.98. The summed E-state index contributed by atoms with van der Waals surface area (Å²) in [6, 6.07) is 16.2. The lowest BCUT2D eigenvalue weighted by molar-refractivity contribution is 0.0685. The van der Waals surface area contributed by atoms with Crippen molar-refractivity contribution in [3.8, 4) is 0 Å². The standard InChI is InChI=1S/C19H19FN2O/c1-13(2)22(12-14-6-4-3-5-7-14)19(23)18-10-15-8-9-16(20)11-17(15)21-18/h3-11,13,21H,12H2,1-2H3. The fourth-order valence-electron chi connectivity index (χ4n) is 2.64. The molecule has 0 aliphatic heterocycles. The van der Waals surface area contributed by atoms with Gasteiger partial charge in [0, 0.05) is 23.5 Å². The number of aromatic amines is 1. The molecule has 0 bridgehead atoms. The second kappa shape index (κ2) is 6.24. The van der Waals surface area contributed by atoms with Crippen LogP contribution in [0.4, 0.5) is 4.39 Å². The Balaban J connectivity index is 1.90. The van der Waals surface area contributed by atoms with Gasteiger partial charge in [-0.15, -0.1) is 0 Å². The highest BCUT2D eigenvalue weighted by Gasteiger charge is 2.20. The lowest BCUT2D eigenvalue weighted by atomic mass is 10.1. The number of nitrogens with one attached hydrogen (secondary N) is 1. The summed E-state index contributed by atoms with van der Waals surface area (Å²) in [5, 5.41) is 0.832. The van der Waals surface area contributed by atoms with Crippen LogP contribution in [0.5, 0.6) is 0 Å². The molecule has 23 heavy (non-hydrogen) atoms. The van der Waals surface area contributed by atoms with Crippen molar-refractivity contribution in [2.45, 2.75) is 26.4 Å². The maximum absolute atomic E-state index is 13.3. The topological polar surface area (TPSA) is 36.1 Å². The van der Waals surface area contributed by atoms with Crippen molar-refractivity contribution in [2.24, 2.45) is 0 Å². The number of hydrogen-bond acceptors (Lipinski definition) is 1. The van der Waals surface area contributed by atoms with Crippen molar-refractivity contribution in [3.63, 3.8) is 0 Å². The lowest BCUT2D eigenvalue weighted by Gasteiger charge is -2.26. The van der Waals surface area contributed by atoms with E-state index in [1.165, 1.54) is 12.1 Å². The van der Waals surface area contributed by atoms with Gasteiger partial charge < -0.3 is 9.88 Å². The molecule has 0 spiro atoms. The van der Waals surface area contributed by atoms with Gasteiger partial charge in [0.25, 0.3) is 5.91 Å². The van der Waals surface area contributed by atoms with Crippen LogP contribution < -0.4 is 0 Å². The first-order valence-electron chi connectivity index (χ1n) is 7.68. The number of nitrogens with zero attached hydrogens (tertiary/aromatic N) is 1. The maximum atomic E-state index is 13.3. The largest absolute Gasteiger partial charge is 0.350 e. The van der Waals surface area contributed by atoms with Crippen LogP contribution in [0.3, 0.4) is 0 Å². The number of carbonyl (C=O) groups excluding carboxylic acids is 1. The predicted molar refractivity (Wildman–Crippen MR) is 89.7 cm³/mol. The van der Waals surface area contributed by atoms with E-state index in [0.717, 1.165) is 10.9 Å². The SMILES string of the molecule is CC(C)N(Cc1ccccc1)C(=O)c1cc2ccc(F)cc2[nH]1. The van der Waals surface area contributed by atoms with Crippen LogP contribution in [-0.4, -0.2) is 21.8 Å². The molecular formula is C19H19FN2O. The fraction of sp³-hybridized carbons (Fsp3) is 0.211. The Bertz CT molecular complexity index is 824. The monoisotopic (exact) mass is 310 g/mol. The molecule has 3 aromatic rings. The number of carbonyl (C=O) groups is 1. The third kappa shape index (κ3) is 3.26. The van der Waals surface area contributed by atoms with Gasteiger partial charge >= 0.3 is 0 Å². The van der Waals surface area contributed by atoms with E-state index < -0.39 is 0 Å². The summed E-state index contributed by atoms with van der Waals surface area (Å²) in [5.41, 5.74) is 2.20. The van der Waals surface area contributed by atoms with Crippen molar-refractivity contribution in [3.05, 3.63) is 71.7 Å². The van der Waals surface area contributed by atoms with Gasteiger partial charge in [-0.1, -0.05) is 30.3 Å². The van der Waals surface area contributed by atoms with Crippen LogP contribution in [0.1, 0.15) is 29.9 Å². The summed E-state index contributed by atoms with van der Waals surface area (Å²) in [6.45, 7) is 4.52. The molecule has 1 heterocycles. The molecule has 1 N–H and O–H groups in total. The molecule has 0 aliphatic carbocycles. The molecule has 4 heteroatoms. The average molecular weight is 310 g/mol. The number of aromatic nitrogens is 1. The minimum absolute atomic E-state index is 0.0610. The molecule has 1 aromatic heterocycles. The molecule has 3 rings (SSSR count). The van der Waals surface area contributed by atoms with E-state index in [9.17, 15) is 9.18 Å². The highest BCUT2D eigenvalue weighted by Crippen LogP contribution is 2.19. The van der Waals surface area contributed by atoms with Gasteiger partial charge in [0.2, 0.25) is 0 Å². The number of fused-ring (bicyclic) bond motifs is 1. The molecule has 2 aromatic carbocycles. The van der Waals surface area contributed by atoms with Crippen molar-refractivity contribution >= 4 is 16.8 Å². The van der Waals surface area contributed by atoms with Gasteiger partial charge in [0.05, 0.1) is 0 Å².